The van der Waals surface area contributed by atoms with Crippen LogP contribution in [0.4, 0.5) is 23.8 Å². The molecule has 0 saturated carbocycles. The summed E-state index contributed by atoms with van der Waals surface area (Å²) in [4.78, 5) is -2.45. The van der Waals surface area contributed by atoms with E-state index in [0.717, 1.165) is 13.0 Å². The van der Waals surface area contributed by atoms with Gasteiger partial charge in [-0.3, -0.25) is 0 Å². The minimum atomic E-state index is -9.91. The summed E-state index contributed by atoms with van der Waals surface area (Å²) in [6.45, 7) is 2.37. The van der Waals surface area contributed by atoms with Crippen molar-refractivity contribution >= 4 is 10.2 Å². The van der Waals surface area contributed by atoms with E-state index in [4.69, 9.17) is 0 Å². The highest BCUT2D eigenvalue weighted by Gasteiger charge is 2.67. The second-order valence-corrected chi connectivity index (χ2v) is 5.67. The minimum Gasteiger partial charge on any atom is -0.205 e. The fraction of sp³-hybridized carbons (Fsp3) is 0.250. The molecule has 15 heavy (non-hydrogen) atoms. The largest absolute Gasteiger partial charge is 0.313 e. The zero-order valence-electron chi connectivity index (χ0n) is 7.83. The van der Waals surface area contributed by atoms with E-state index in [2.05, 4.69) is 0 Å². The maximum absolute atomic E-state index is 13.1. The summed E-state index contributed by atoms with van der Waals surface area (Å²) in [5.41, 5.74) is -0.223. The van der Waals surface area contributed by atoms with Crippen LogP contribution >= 0.6 is 10.2 Å². The molecule has 0 radical (unpaired) electrons. The molecular weight excluding hydrogens is 242 g/mol. The van der Waals surface area contributed by atoms with E-state index >= 15 is 0 Å². The first-order chi connectivity index (χ1) is 6.33. The summed E-state index contributed by atoms with van der Waals surface area (Å²) < 4.78 is 74.5. The number of benzene rings is 1. The predicted molar refractivity (Wildman–Crippen MR) is 47.3 cm³/mol. The highest BCUT2D eigenvalue weighted by atomic mass is 32.5. The summed E-state index contributed by atoms with van der Waals surface area (Å²) in [6.07, 6.45) is 0. The maximum Gasteiger partial charge on any atom is 0.313 e. The fourth-order valence-electron chi connectivity index (χ4n) is 1.05. The standard InChI is InChI=1S/C8H8F6S/c1-5-3-4-7(8(9)6(5)2)15(10,11,12,13)14/h3-4H,1-2H3. The van der Waals surface area contributed by atoms with Crippen molar-refractivity contribution in [2.24, 2.45) is 0 Å². The molecule has 1 aromatic rings. The molecule has 1 rings (SSSR count). The number of aryl methyl sites for hydroxylation is 1. The van der Waals surface area contributed by atoms with E-state index in [1.165, 1.54) is 6.92 Å². The van der Waals surface area contributed by atoms with Crippen LogP contribution in [-0.4, -0.2) is 0 Å². The molecule has 0 nitrogen and oxygen atoms in total. The van der Waals surface area contributed by atoms with Gasteiger partial charge in [-0.15, -0.1) is 0 Å². The normalized spacial score (nSPS) is 17.1. The van der Waals surface area contributed by atoms with Gasteiger partial charge in [-0.05, 0) is 31.0 Å². The molecule has 0 aliphatic carbocycles. The van der Waals surface area contributed by atoms with E-state index in [0.29, 0.717) is 0 Å². The Morgan fingerprint density at radius 3 is 1.80 bits per heavy atom. The highest BCUT2D eigenvalue weighted by Crippen LogP contribution is 3.02. The first kappa shape index (κ1) is 12.2. The Morgan fingerprint density at radius 1 is 0.933 bits per heavy atom. The predicted octanol–water partition coefficient (Wildman–Crippen LogP) is 5.10. The zero-order valence-corrected chi connectivity index (χ0v) is 8.65. The quantitative estimate of drug-likeness (QED) is 0.608. The van der Waals surface area contributed by atoms with E-state index in [1.807, 2.05) is 0 Å². The first-order valence-electron chi connectivity index (χ1n) is 3.83. The molecular formula is C8H8F6S. The Morgan fingerprint density at radius 2 is 1.40 bits per heavy atom. The van der Waals surface area contributed by atoms with Crippen LogP contribution in [-0.2, 0) is 0 Å². The van der Waals surface area contributed by atoms with Crippen molar-refractivity contribution in [2.75, 3.05) is 0 Å². The van der Waals surface area contributed by atoms with Crippen LogP contribution in [0.1, 0.15) is 11.1 Å². The van der Waals surface area contributed by atoms with Gasteiger partial charge in [0.15, 0.2) is 0 Å². The van der Waals surface area contributed by atoms with E-state index in [-0.39, 0.29) is 11.6 Å². The monoisotopic (exact) mass is 250 g/mol. The Bertz CT molecular complexity index is 418. The van der Waals surface area contributed by atoms with Crippen LogP contribution in [0.2, 0.25) is 0 Å². The van der Waals surface area contributed by atoms with Crippen molar-refractivity contribution < 1.29 is 23.8 Å². The molecule has 0 saturated heterocycles. The van der Waals surface area contributed by atoms with Gasteiger partial charge in [0.05, 0.1) is 0 Å². The molecule has 0 N–H and O–H groups in total. The SMILES string of the molecule is Cc1ccc(S(F)(F)(F)(F)F)c(F)c1C. The molecule has 7 heteroatoms. The first-order valence-corrected chi connectivity index (χ1v) is 5.78. The fourth-order valence-corrected chi connectivity index (χ4v) is 1.87. The van der Waals surface area contributed by atoms with Crippen molar-refractivity contribution in [1.82, 2.24) is 0 Å². The van der Waals surface area contributed by atoms with Crippen LogP contribution in [0.15, 0.2) is 17.0 Å². The molecule has 0 spiro atoms. The van der Waals surface area contributed by atoms with Crippen LogP contribution in [0, 0.1) is 19.7 Å². The molecule has 0 unspecified atom stereocenters. The van der Waals surface area contributed by atoms with Gasteiger partial charge < -0.3 is 0 Å². The van der Waals surface area contributed by atoms with Crippen LogP contribution in [0.3, 0.4) is 0 Å². The Hall–Kier alpha value is -0.850. The molecule has 0 aliphatic heterocycles. The lowest BCUT2D eigenvalue weighted by Gasteiger charge is -2.40. The highest BCUT2D eigenvalue weighted by molar-refractivity contribution is 8.45. The smallest absolute Gasteiger partial charge is 0.205 e. The van der Waals surface area contributed by atoms with Crippen molar-refractivity contribution in [3.63, 3.8) is 0 Å². The average Bonchev–Trinajstić information content (AvgIpc) is 1.94. The molecule has 0 fully saturated rings. The van der Waals surface area contributed by atoms with Gasteiger partial charge >= 0.3 is 10.2 Å². The lowest BCUT2D eigenvalue weighted by atomic mass is 10.1. The van der Waals surface area contributed by atoms with Crippen molar-refractivity contribution in [3.05, 3.63) is 29.1 Å². The molecule has 0 heterocycles. The number of rotatable bonds is 1. The summed E-state index contributed by atoms with van der Waals surface area (Å²) in [5.74, 6) is -1.89. The lowest BCUT2D eigenvalue weighted by Crippen LogP contribution is -2.10. The average molecular weight is 250 g/mol. The van der Waals surface area contributed by atoms with Crippen molar-refractivity contribution in [2.45, 2.75) is 18.7 Å². The van der Waals surface area contributed by atoms with Gasteiger partial charge in [-0.1, -0.05) is 25.5 Å². The minimum absolute atomic E-state index is 0.0826. The van der Waals surface area contributed by atoms with Crippen LogP contribution in [0.25, 0.3) is 0 Å². The summed E-state index contributed by atoms with van der Waals surface area (Å²) in [7, 11) is -9.91. The number of hydrogen-bond acceptors (Lipinski definition) is 0. The Balaban J connectivity index is 3.64. The molecule has 0 atom stereocenters. The van der Waals surface area contributed by atoms with E-state index in [1.54, 1.807) is 0 Å². The molecule has 88 valence electrons. The van der Waals surface area contributed by atoms with Crippen LogP contribution < -0.4 is 0 Å². The Labute approximate surface area is 82.6 Å². The summed E-state index contributed by atoms with van der Waals surface area (Å²) >= 11 is 0. The zero-order chi connectivity index (χ0) is 12.1. The topological polar surface area (TPSA) is 0 Å². The summed E-state index contributed by atoms with van der Waals surface area (Å²) in [5, 5.41) is 0. The third-order valence-corrected chi connectivity index (χ3v) is 3.18. The second-order valence-electron chi connectivity index (χ2n) is 3.29. The van der Waals surface area contributed by atoms with Crippen molar-refractivity contribution in [3.8, 4) is 0 Å². The molecule has 0 bridgehead atoms. The van der Waals surface area contributed by atoms with Crippen molar-refractivity contribution in [1.29, 1.82) is 0 Å². The maximum atomic E-state index is 13.1. The van der Waals surface area contributed by atoms with E-state index in [9.17, 15) is 23.8 Å². The molecule has 0 amide bonds. The molecule has 0 aromatic heterocycles. The summed E-state index contributed by atoms with van der Waals surface area (Å²) in [6, 6.07) is 0.908. The van der Waals surface area contributed by atoms with Gasteiger partial charge in [0.2, 0.25) is 0 Å². The molecule has 1 aromatic carbocycles. The third-order valence-electron chi connectivity index (χ3n) is 2.04. The number of hydrogen-bond donors (Lipinski definition) is 0. The van der Waals surface area contributed by atoms with Gasteiger partial charge in [0.1, 0.15) is 10.7 Å². The van der Waals surface area contributed by atoms with E-state index < -0.39 is 26.5 Å². The third kappa shape index (κ3) is 2.39. The van der Waals surface area contributed by atoms with Gasteiger partial charge in [-0.25, -0.2) is 4.39 Å². The Kier molecular flexibility index (Phi) is 2.00. The lowest BCUT2D eigenvalue weighted by molar-refractivity contribution is 0.355. The number of halogens is 6. The van der Waals surface area contributed by atoms with Gasteiger partial charge in [-0.2, -0.15) is 0 Å². The molecule has 0 aliphatic rings. The van der Waals surface area contributed by atoms with Gasteiger partial charge in [0, 0.05) is 0 Å². The van der Waals surface area contributed by atoms with Gasteiger partial charge in [0.25, 0.3) is 0 Å². The second kappa shape index (κ2) is 2.45. The van der Waals surface area contributed by atoms with Crippen LogP contribution in [0.5, 0.6) is 0 Å².